The van der Waals surface area contributed by atoms with Crippen molar-refractivity contribution >= 4 is 23.2 Å². The molecular formula is C14H17Cl2N3O. The summed E-state index contributed by atoms with van der Waals surface area (Å²) in [5.74, 6) is 0.686. The molecule has 6 heteroatoms. The molecule has 1 unspecified atom stereocenters. The van der Waals surface area contributed by atoms with Crippen LogP contribution < -0.4 is 10.5 Å². The van der Waals surface area contributed by atoms with E-state index in [4.69, 9.17) is 33.7 Å². The Bertz CT molecular complexity index is 571. The number of halogens is 2. The second-order valence-corrected chi connectivity index (χ2v) is 5.32. The van der Waals surface area contributed by atoms with Crippen molar-refractivity contribution in [2.75, 3.05) is 6.61 Å². The van der Waals surface area contributed by atoms with Crippen LogP contribution in [-0.4, -0.2) is 16.4 Å². The van der Waals surface area contributed by atoms with Crippen molar-refractivity contribution in [1.29, 1.82) is 0 Å². The molecule has 2 rings (SSSR count). The Kier molecular flexibility index (Phi) is 5.29. The summed E-state index contributed by atoms with van der Waals surface area (Å²) in [6, 6.07) is 6.87. The molecule has 0 fully saturated rings. The average Bonchev–Trinajstić information content (AvgIpc) is 2.78. The van der Waals surface area contributed by atoms with Crippen LogP contribution in [0.1, 0.15) is 25.1 Å². The van der Waals surface area contributed by atoms with Crippen LogP contribution in [-0.2, 0) is 6.54 Å². The zero-order valence-corrected chi connectivity index (χ0v) is 12.7. The van der Waals surface area contributed by atoms with Gasteiger partial charge in [-0.2, -0.15) is 5.10 Å². The lowest BCUT2D eigenvalue weighted by atomic mass is 10.2. The Morgan fingerprint density at radius 2 is 2.20 bits per heavy atom. The molecule has 0 amide bonds. The Balaban J connectivity index is 2.05. The summed E-state index contributed by atoms with van der Waals surface area (Å²) in [5.41, 5.74) is 6.96. The third-order valence-corrected chi connectivity index (χ3v) is 3.37. The van der Waals surface area contributed by atoms with Crippen molar-refractivity contribution in [3.8, 4) is 5.75 Å². The van der Waals surface area contributed by atoms with Gasteiger partial charge in [0, 0.05) is 11.6 Å². The highest BCUT2D eigenvalue weighted by molar-refractivity contribution is 6.31. The number of nitrogens with zero attached hydrogens (tertiary/aromatic N) is 2. The Hall–Kier alpha value is -1.23. The van der Waals surface area contributed by atoms with Crippen LogP contribution in [0.15, 0.2) is 30.5 Å². The first-order valence-electron chi connectivity index (χ1n) is 6.47. The molecular weight excluding hydrogens is 297 g/mol. The number of nitrogens with two attached hydrogens (primary N) is 1. The molecule has 0 saturated carbocycles. The number of benzene rings is 1. The molecule has 4 nitrogen and oxygen atoms in total. The highest BCUT2D eigenvalue weighted by Gasteiger charge is 2.17. The minimum atomic E-state index is -0.337. The fourth-order valence-electron chi connectivity index (χ4n) is 1.95. The normalized spacial score (nSPS) is 12.4. The van der Waals surface area contributed by atoms with Gasteiger partial charge >= 0.3 is 0 Å². The molecule has 0 radical (unpaired) electrons. The second kappa shape index (κ2) is 6.97. The molecule has 2 N–H and O–H groups in total. The molecule has 0 bridgehead atoms. The van der Waals surface area contributed by atoms with Crippen LogP contribution in [0.5, 0.6) is 5.75 Å². The first kappa shape index (κ1) is 15.2. The van der Waals surface area contributed by atoms with E-state index >= 15 is 0 Å². The molecule has 0 aliphatic rings. The first-order chi connectivity index (χ1) is 9.61. The quantitative estimate of drug-likeness (QED) is 0.885. The third kappa shape index (κ3) is 3.66. The molecule has 1 aromatic carbocycles. The molecule has 0 saturated heterocycles. The van der Waals surface area contributed by atoms with Gasteiger partial charge in [0.15, 0.2) is 0 Å². The van der Waals surface area contributed by atoms with E-state index in [1.54, 1.807) is 18.3 Å². The van der Waals surface area contributed by atoms with E-state index in [2.05, 4.69) is 12.0 Å². The smallest absolute Gasteiger partial charge is 0.120 e. The van der Waals surface area contributed by atoms with E-state index < -0.39 is 0 Å². The van der Waals surface area contributed by atoms with Gasteiger partial charge in [0.05, 0.1) is 23.0 Å². The molecule has 1 atom stereocenters. The van der Waals surface area contributed by atoms with Crippen molar-refractivity contribution in [2.45, 2.75) is 25.9 Å². The fraction of sp³-hybridized carbons (Fsp3) is 0.357. The van der Waals surface area contributed by atoms with Gasteiger partial charge in [-0.25, -0.2) is 0 Å². The predicted molar refractivity (Wildman–Crippen MR) is 81.4 cm³/mol. The molecule has 20 heavy (non-hydrogen) atoms. The van der Waals surface area contributed by atoms with Crippen molar-refractivity contribution in [1.82, 2.24) is 9.78 Å². The van der Waals surface area contributed by atoms with Gasteiger partial charge in [0.2, 0.25) is 0 Å². The van der Waals surface area contributed by atoms with E-state index in [1.165, 1.54) is 0 Å². The standard InChI is InChI=1S/C14H17Cl2N3O/c1-2-6-19-14(12(16)8-18-19)13(17)9-20-11-5-3-4-10(15)7-11/h3-5,7-8,13H,2,6,9,17H2,1H3. The van der Waals surface area contributed by atoms with Crippen molar-refractivity contribution in [3.05, 3.63) is 46.2 Å². The number of hydrogen-bond acceptors (Lipinski definition) is 3. The van der Waals surface area contributed by atoms with Gasteiger partial charge in [-0.1, -0.05) is 36.2 Å². The minimum absolute atomic E-state index is 0.315. The van der Waals surface area contributed by atoms with E-state index in [0.717, 1.165) is 18.7 Å². The monoisotopic (exact) mass is 313 g/mol. The van der Waals surface area contributed by atoms with Crippen LogP contribution in [0.2, 0.25) is 10.0 Å². The maximum atomic E-state index is 6.15. The summed E-state index contributed by atoms with van der Waals surface area (Å²) in [5, 5.41) is 5.42. The summed E-state index contributed by atoms with van der Waals surface area (Å²) < 4.78 is 7.48. The largest absolute Gasteiger partial charge is 0.492 e. The zero-order chi connectivity index (χ0) is 14.5. The zero-order valence-electron chi connectivity index (χ0n) is 11.2. The average molecular weight is 314 g/mol. The summed E-state index contributed by atoms with van der Waals surface area (Å²) in [6.07, 6.45) is 2.58. The van der Waals surface area contributed by atoms with E-state index in [1.807, 2.05) is 16.8 Å². The maximum Gasteiger partial charge on any atom is 0.120 e. The second-order valence-electron chi connectivity index (χ2n) is 4.48. The van der Waals surface area contributed by atoms with Crippen molar-refractivity contribution in [3.63, 3.8) is 0 Å². The van der Waals surface area contributed by atoms with E-state index in [-0.39, 0.29) is 6.04 Å². The Morgan fingerprint density at radius 1 is 1.40 bits per heavy atom. The highest BCUT2D eigenvalue weighted by atomic mass is 35.5. The van der Waals surface area contributed by atoms with Crippen molar-refractivity contribution in [2.24, 2.45) is 5.73 Å². The maximum absolute atomic E-state index is 6.15. The number of hydrogen-bond donors (Lipinski definition) is 1. The Labute approximate surface area is 128 Å². The summed E-state index contributed by atoms with van der Waals surface area (Å²) >= 11 is 12.0. The van der Waals surface area contributed by atoms with E-state index in [9.17, 15) is 0 Å². The summed E-state index contributed by atoms with van der Waals surface area (Å²) in [4.78, 5) is 0. The molecule has 108 valence electrons. The van der Waals surface area contributed by atoms with Crippen LogP contribution in [0.25, 0.3) is 0 Å². The molecule has 1 heterocycles. The number of rotatable bonds is 6. The third-order valence-electron chi connectivity index (χ3n) is 2.85. The molecule has 0 spiro atoms. The van der Waals surface area contributed by atoms with Gasteiger partial charge in [-0.3, -0.25) is 4.68 Å². The number of aryl methyl sites for hydroxylation is 1. The van der Waals surface area contributed by atoms with Crippen LogP contribution in [0.3, 0.4) is 0 Å². The van der Waals surface area contributed by atoms with Gasteiger partial charge in [-0.05, 0) is 24.6 Å². The lowest BCUT2D eigenvalue weighted by molar-refractivity contribution is 0.284. The van der Waals surface area contributed by atoms with Gasteiger partial charge in [-0.15, -0.1) is 0 Å². The van der Waals surface area contributed by atoms with E-state index in [0.29, 0.717) is 22.4 Å². The number of ether oxygens (including phenoxy) is 1. The first-order valence-corrected chi connectivity index (χ1v) is 7.22. The highest BCUT2D eigenvalue weighted by Crippen LogP contribution is 2.23. The molecule has 0 aliphatic carbocycles. The summed E-state index contributed by atoms with van der Waals surface area (Å²) in [7, 11) is 0. The predicted octanol–water partition coefficient (Wildman–Crippen LogP) is 3.68. The molecule has 2 aromatic rings. The summed E-state index contributed by atoms with van der Waals surface area (Å²) in [6.45, 7) is 3.18. The van der Waals surface area contributed by atoms with Gasteiger partial charge in [0.25, 0.3) is 0 Å². The topological polar surface area (TPSA) is 53.1 Å². The molecule has 0 aliphatic heterocycles. The van der Waals surface area contributed by atoms with Gasteiger partial charge in [0.1, 0.15) is 12.4 Å². The lowest BCUT2D eigenvalue weighted by Gasteiger charge is -2.15. The van der Waals surface area contributed by atoms with Crippen LogP contribution in [0.4, 0.5) is 0 Å². The van der Waals surface area contributed by atoms with Crippen molar-refractivity contribution < 1.29 is 4.74 Å². The van der Waals surface area contributed by atoms with Crippen LogP contribution >= 0.6 is 23.2 Å². The fourth-order valence-corrected chi connectivity index (χ4v) is 2.41. The lowest BCUT2D eigenvalue weighted by Crippen LogP contribution is -2.23. The minimum Gasteiger partial charge on any atom is -0.492 e. The Morgan fingerprint density at radius 3 is 2.90 bits per heavy atom. The SMILES string of the molecule is CCCn1ncc(Cl)c1C(N)COc1cccc(Cl)c1. The molecule has 1 aromatic heterocycles. The van der Waals surface area contributed by atoms with Gasteiger partial charge < -0.3 is 10.5 Å². The van der Waals surface area contributed by atoms with Crippen LogP contribution in [0, 0.1) is 0 Å². The number of aromatic nitrogens is 2.